The van der Waals surface area contributed by atoms with Gasteiger partial charge in [-0.15, -0.1) is 0 Å². The van der Waals surface area contributed by atoms with Crippen LogP contribution in [-0.2, 0) is 5.54 Å². The zero-order valence-electron chi connectivity index (χ0n) is 11.2. The summed E-state index contributed by atoms with van der Waals surface area (Å²) in [7, 11) is 3.32. The van der Waals surface area contributed by atoms with Gasteiger partial charge in [-0.1, -0.05) is 12.8 Å². The molecule has 0 bridgehead atoms. The second-order valence-corrected chi connectivity index (χ2v) is 5.83. The summed E-state index contributed by atoms with van der Waals surface area (Å²) in [4.78, 5) is 0. The minimum absolute atomic E-state index is 0.274. The smallest absolute Gasteiger partial charge is 0.175 e. The molecule has 0 saturated heterocycles. The summed E-state index contributed by atoms with van der Waals surface area (Å²) in [5, 5.41) is 0. The summed E-state index contributed by atoms with van der Waals surface area (Å²) in [5.41, 5.74) is 8.56. The molecule has 2 rings (SSSR count). The zero-order chi connectivity index (χ0) is 13.3. The summed E-state index contributed by atoms with van der Waals surface area (Å²) >= 11 is 3.51. The number of aryl methyl sites for hydroxylation is 1. The third-order valence-electron chi connectivity index (χ3n) is 3.79. The van der Waals surface area contributed by atoms with E-state index in [0.717, 1.165) is 39.9 Å². The molecule has 0 spiro atoms. The lowest BCUT2D eigenvalue weighted by Crippen LogP contribution is -2.34. The first-order chi connectivity index (χ1) is 8.53. The highest BCUT2D eigenvalue weighted by atomic mass is 79.9. The van der Waals surface area contributed by atoms with Gasteiger partial charge in [0.1, 0.15) is 0 Å². The van der Waals surface area contributed by atoms with Crippen LogP contribution in [0.25, 0.3) is 0 Å². The molecule has 0 atom stereocenters. The van der Waals surface area contributed by atoms with E-state index >= 15 is 0 Å². The topological polar surface area (TPSA) is 44.5 Å². The first kappa shape index (κ1) is 13.7. The third kappa shape index (κ3) is 2.12. The Morgan fingerprint density at radius 3 is 2.22 bits per heavy atom. The van der Waals surface area contributed by atoms with Crippen molar-refractivity contribution in [1.82, 2.24) is 0 Å². The van der Waals surface area contributed by atoms with Crippen LogP contribution < -0.4 is 15.2 Å². The molecule has 0 aliphatic heterocycles. The van der Waals surface area contributed by atoms with Crippen molar-refractivity contribution in [1.29, 1.82) is 0 Å². The van der Waals surface area contributed by atoms with Gasteiger partial charge in [-0.3, -0.25) is 0 Å². The summed E-state index contributed by atoms with van der Waals surface area (Å²) in [5.74, 6) is 1.50. The maximum absolute atomic E-state index is 6.58. The fourth-order valence-corrected chi connectivity index (χ4v) is 3.67. The van der Waals surface area contributed by atoms with Crippen molar-refractivity contribution in [2.75, 3.05) is 14.2 Å². The molecule has 1 aromatic rings. The van der Waals surface area contributed by atoms with Crippen molar-refractivity contribution in [2.24, 2.45) is 5.73 Å². The molecule has 0 amide bonds. The number of hydrogen-bond acceptors (Lipinski definition) is 3. The Hall–Kier alpha value is -0.740. The van der Waals surface area contributed by atoms with Crippen molar-refractivity contribution in [3.05, 3.63) is 21.7 Å². The first-order valence-electron chi connectivity index (χ1n) is 6.24. The molecule has 0 heterocycles. The average molecular weight is 314 g/mol. The van der Waals surface area contributed by atoms with Crippen molar-refractivity contribution in [3.8, 4) is 11.5 Å². The van der Waals surface area contributed by atoms with Crippen LogP contribution in [0.5, 0.6) is 11.5 Å². The van der Waals surface area contributed by atoms with Crippen LogP contribution >= 0.6 is 15.9 Å². The van der Waals surface area contributed by atoms with Gasteiger partial charge < -0.3 is 15.2 Å². The van der Waals surface area contributed by atoms with E-state index in [1.54, 1.807) is 14.2 Å². The third-order valence-corrected chi connectivity index (χ3v) is 4.38. The SMILES string of the molecule is COc1c(Br)cc(C)c(C2(N)CCCC2)c1OC. The molecule has 1 saturated carbocycles. The van der Waals surface area contributed by atoms with Gasteiger partial charge in [-0.2, -0.15) is 0 Å². The fraction of sp³-hybridized carbons (Fsp3) is 0.571. The molecule has 4 heteroatoms. The quantitative estimate of drug-likeness (QED) is 0.928. The second-order valence-electron chi connectivity index (χ2n) is 4.98. The molecule has 2 N–H and O–H groups in total. The maximum atomic E-state index is 6.58. The standard InChI is InChI=1S/C14H20BrNO2/c1-9-8-10(15)12(17-2)13(18-3)11(9)14(16)6-4-5-7-14/h8H,4-7,16H2,1-3H3. The maximum Gasteiger partial charge on any atom is 0.175 e. The summed E-state index contributed by atoms with van der Waals surface area (Å²) in [6.07, 6.45) is 4.37. The average Bonchev–Trinajstić information content (AvgIpc) is 2.75. The summed E-state index contributed by atoms with van der Waals surface area (Å²) < 4.78 is 11.9. The highest BCUT2D eigenvalue weighted by Gasteiger charge is 2.36. The lowest BCUT2D eigenvalue weighted by atomic mass is 9.85. The zero-order valence-corrected chi connectivity index (χ0v) is 12.8. The number of methoxy groups -OCH3 is 2. The molecule has 1 fully saturated rings. The van der Waals surface area contributed by atoms with Gasteiger partial charge in [0, 0.05) is 11.1 Å². The first-order valence-corrected chi connectivity index (χ1v) is 7.03. The van der Waals surface area contributed by atoms with Crippen LogP contribution in [0.1, 0.15) is 36.8 Å². The monoisotopic (exact) mass is 313 g/mol. The number of rotatable bonds is 3. The predicted molar refractivity (Wildman–Crippen MR) is 76.3 cm³/mol. The van der Waals surface area contributed by atoms with Gasteiger partial charge in [-0.05, 0) is 47.3 Å². The summed E-state index contributed by atoms with van der Waals surface area (Å²) in [6.45, 7) is 2.08. The number of halogens is 1. The number of nitrogens with two attached hydrogens (primary N) is 1. The number of ether oxygens (including phenoxy) is 2. The lowest BCUT2D eigenvalue weighted by Gasteiger charge is -2.29. The van der Waals surface area contributed by atoms with E-state index in [2.05, 4.69) is 28.9 Å². The van der Waals surface area contributed by atoms with Gasteiger partial charge in [0.15, 0.2) is 11.5 Å². The van der Waals surface area contributed by atoms with Crippen LogP contribution in [0.2, 0.25) is 0 Å². The van der Waals surface area contributed by atoms with Crippen molar-refractivity contribution in [2.45, 2.75) is 38.1 Å². The molecule has 1 aliphatic rings. The molecule has 0 aromatic heterocycles. The Kier molecular flexibility index (Phi) is 3.87. The van der Waals surface area contributed by atoms with E-state index < -0.39 is 0 Å². The number of benzene rings is 1. The largest absolute Gasteiger partial charge is 0.492 e. The molecule has 1 aliphatic carbocycles. The molecule has 3 nitrogen and oxygen atoms in total. The van der Waals surface area contributed by atoms with Gasteiger partial charge in [0.2, 0.25) is 0 Å². The van der Waals surface area contributed by atoms with Crippen LogP contribution in [0.3, 0.4) is 0 Å². The van der Waals surface area contributed by atoms with Crippen LogP contribution in [0.4, 0.5) is 0 Å². The highest BCUT2D eigenvalue weighted by Crippen LogP contribution is 2.48. The van der Waals surface area contributed by atoms with Crippen molar-refractivity contribution < 1.29 is 9.47 Å². The van der Waals surface area contributed by atoms with E-state index in [4.69, 9.17) is 15.2 Å². The minimum atomic E-state index is -0.274. The molecular formula is C14H20BrNO2. The highest BCUT2D eigenvalue weighted by molar-refractivity contribution is 9.10. The Morgan fingerprint density at radius 1 is 1.17 bits per heavy atom. The van der Waals surface area contributed by atoms with E-state index in [1.807, 2.05) is 0 Å². The Bertz CT molecular complexity index is 454. The van der Waals surface area contributed by atoms with Gasteiger partial charge in [0.25, 0.3) is 0 Å². The second kappa shape index (κ2) is 5.10. The van der Waals surface area contributed by atoms with E-state index in [0.29, 0.717) is 0 Å². The van der Waals surface area contributed by atoms with Gasteiger partial charge >= 0.3 is 0 Å². The van der Waals surface area contributed by atoms with E-state index in [-0.39, 0.29) is 5.54 Å². The number of hydrogen-bond donors (Lipinski definition) is 1. The molecular weight excluding hydrogens is 294 g/mol. The predicted octanol–water partition coefficient (Wildman–Crippen LogP) is 3.50. The van der Waals surface area contributed by atoms with Crippen LogP contribution in [-0.4, -0.2) is 14.2 Å². The fourth-order valence-electron chi connectivity index (χ4n) is 2.99. The van der Waals surface area contributed by atoms with Crippen molar-refractivity contribution >= 4 is 15.9 Å². The lowest BCUT2D eigenvalue weighted by molar-refractivity contribution is 0.335. The molecule has 18 heavy (non-hydrogen) atoms. The molecule has 0 radical (unpaired) electrons. The van der Waals surface area contributed by atoms with Crippen molar-refractivity contribution in [3.63, 3.8) is 0 Å². The normalized spacial score (nSPS) is 17.8. The molecule has 1 aromatic carbocycles. The summed E-state index contributed by atoms with van der Waals surface area (Å²) in [6, 6.07) is 2.06. The minimum Gasteiger partial charge on any atom is -0.492 e. The molecule has 0 unspecified atom stereocenters. The Morgan fingerprint density at radius 2 is 1.72 bits per heavy atom. The Balaban J connectivity index is 2.65. The van der Waals surface area contributed by atoms with Crippen LogP contribution in [0, 0.1) is 6.92 Å². The van der Waals surface area contributed by atoms with E-state index in [9.17, 15) is 0 Å². The Labute approximate surface area is 117 Å². The van der Waals surface area contributed by atoms with E-state index in [1.165, 1.54) is 12.8 Å². The molecule has 100 valence electrons. The van der Waals surface area contributed by atoms with Gasteiger partial charge in [0.05, 0.1) is 18.7 Å². The van der Waals surface area contributed by atoms with Gasteiger partial charge in [-0.25, -0.2) is 0 Å². The van der Waals surface area contributed by atoms with Crippen LogP contribution in [0.15, 0.2) is 10.5 Å².